The van der Waals surface area contributed by atoms with Crippen LogP contribution in [-0.4, -0.2) is 57.1 Å². The second kappa shape index (κ2) is 10.7. The second-order valence-corrected chi connectivity index (χ2v) is 8.03. The minimum absolute atomic E-state index is 0.106. The van der Waals surface area contributed by atoms with E-state index in [1.54, 1.807) is 11.1 Å². The van der Waals surface area contributed by atoms with Crippen LogP contribution in [0.3, 0.4) is 0 Å². The van der Waals surface area contributed by atoms with Gasteiger partial charge in [0.1, 0.15) is 11.2 Å². The molecule has 1 aliphatic heterocycles. The first kappa shape index (κ1) is 25.9. The molecule has 3 aromatic rings. The number of carboxylic acid groups (broad SMARTS) is 1. The van der Waals surface area contributed by atoms with Crippen molar-refractivity contribution in [2.45, 2.75) is 32.5 Å². The number of carbonyl (C=O) groups excluding carboxylic acids is 1. The van der Waals surface area contributed by atoms with Crippen molar-refractivity contribution in [3.05, 3.63) is 81.4 Å². The monoisotopic (exact) mass is 490 g/mol. The predicted molar refractivity (Wildman–Crippen MR) is 122 cm³/mol. The third kappa shape index (κ3) is 6.04. The first-order valence-electron chi connectivity index (χ1n) is 10.9. The quantitative estimate of drug-likeness (QED) is 0.585. The zero-order valence-electron chi connectivity index (χ0n) is 19.2. The molecule has 35 heavy (non-hydrogen) atoms. The van der Waals surface area contributed by atoms with Crippen LogP contribution < -0.4 is 10.9 Å². The molecule has 1 fully saturated rings. The lowest BCUT2D eigenvalue weighted by atomic mass is 10.0. The van der Waals surface area contributed by atoms with Crippen LogP contribution in [0.2, 0.25) is 0 Å². The third-order valence-corrected chi connectivity index (χ3v) is 5.62. The maximum atomic E-state index is 13.3. The number of aromatic nitrogens is 2. The smallest absolute Gasteiger partial charge is 0.475 e. The maximum absolute atomic E-state index is 13.3. The number of alkyl halides is 3. The highest BCUT2D eigenvalue weighted by Crippen LogP contribution is 2.24. The van der Waals surface area contributed by atoms with E-state index in [1.807, 2.05) is 19.1 Å². The molecule has 2 N–H and O–H groups in total. The minimum atomic E-state index is -5.08. The van der Waals surface area contributed by atoms with Gasteiger partial charge in [0.05, 0.1) is 6.04 Å². The fourth-order valence-corrected chi connectivity index (χ4v) is 3.70. The van der Waals surface area contributed by atoms with Crippen LogP contribution in [0.1, 0.15) is 40.0 Å². The molecule has 2 aromatic heterocycles. The fraction of sp³-hybridized carbons (Fsp3) is 0.333. The van der Waals surface area contributed by atoms with Crippen LogP contribution in [0.4, 0.5) is 13.2 Å². The number of pyridine rings is 1. The molecule has 0 saturated carbocycles. The number of rotatable bonds is 3. The Bertz CT molecular complexity index is 1270. The number of nitrogens with zero attached hydrogens (tertiary/aromatic N) is 3. The van der Waals surface area contributed by atoms with Crippen LogP contribution >= 0.6 is 0 Å². The molecule has 0 aliphatic carbocycles. The second-order valence-electron chi connectivity index (χ2n) is 8.03. The lowest BCUT2D eigenvalue weighted by Gasteiger charge is -2.36. The summed E-state index contributed by atoms with van der Waals surface area (Å²) in [5.74, 6) is -3.02. The molecule has 1 saturated heterocycles. The molecule has 4 rings (SSSR count). The number of benzene rings is 1. The summed E-state index contributed by atoms with van der Waals surface area (Å²) < 4.78 is 33.2. The molecule has 0 bridgehead atoms. The van der Waals surface area contributed by atoms with Crippen LogP contribution in [0.15, 0.2) is 53.6 Å². The highest BCUT2D eigenvalue weighted by Gasteiger charge is 2.38. The number of piperazine rings is 1. The Balaban J connectivity index is 0.000000429. The van der Waals surface area contributed by atoms with Crippen molar-refractivity contribution in [2.24, 2.45) is 0 Å². The van der Waals surface area contributed by atoms with Gasteiger partial charge in [0.15, 0.2) is 0 Å². The lowest BCUT2D eigenvalue weighted by molar-refractivity contribution is -0.192. The average Bonchev–Trinajstić information content (AvgIpc) is 2.83. The molecule has 0 spiro atoms. The van der Waals surface area contributed by atoms with Gasteiger partial charge in [-0.15, -0.1) is 0 Å². The fourth-order valence-electron chi connectivity index (χ4n) is 3.70. The van der Waals surface area contributed by atoms with Crippen molar-refractivity contribution in [3.63, 3.8) is 0 Å². The highest BCUT2D eigenvalue weighted by atomic mass is 19.4. The van der Waals surface area contributed by atoms with E-state index >= 15 is 0 Å². The largest absolute Gasteiger partial charge is 0.490 e. The highest BCUT2D eigenvalue weighted by molar-refractivity contribution is 5.94. The van der Waals surface area contributed by atoms with Crippen molar-refractivity contribution in [3.8, 4) is 0 Å². The van der Waals surface area contributed by atoms with Crippen molar-refractivity contribution < 1.29 is 27.9 Å². The Hall–Kier alpha value is -3.73. The van der Waals surface area contributed by atoms with Crippen LogP contribution in [-0.2, 0) is 11.2 Å². The third-order valence-electron chi connectivity index (χ3n) is 5.62. The minimum Gasteiger partial charge on any atom is -0.475 e. The van der Waals surface area contributed by atoms with Gasteiger partial charge in [0.25, 0.3) is 11.5 Å². The first-order chi connectivity index (χ1) is 16.5. The van der Waals surface area contributed by atoms with Gasteiger partial charge in [-0.25, -0.2) is 9.78 Å². The van der Waals surface area contributed by atoms with Crippen molar-refractivity contribution in [2.75, 3.05) is 19.6 Å². The molecule has 186 valence electrons. The Morgan fingerprint density at radius 3 is 2.46 bits per heavy atom. The number of nitrogens with one attached hydrogen (secondary N) is 1. The van der Waals surface area contributed by atoms with Gasteiger partial charge in [0.2, 0.25) is 0 Å². The van der Waals surface area contributed by atoms with E-state index in [-0.39, 0.29) is 23.1 Å². The van der Waals surface area contributed by atoms with Gasteiger partial charge >= 0.3 is 12.1 Å². The SMILES string of the molecule is CCc1ccc(C2CNCCN2C(=O)c2cnc3cc(C)ccn3c2=O)cc1.O=C(O)C(F)(F)F. The predicted octanol–water partition coefficient (Wildman–Crippen LogP) is 2.99. The summed E-state index contributed by atoms with van der Waals surface area (Å²) in [5, 5.41) is 10.5. The van der Waals surface area contributed by atoms with E-state index in [2.05, 4.69) is 41.5 Å². The normalized spacial score (nSPS) is 15.9. The summed E-state index contributed by atoms with van der Waals surface area (Å²) in [4.78, 5) is 41.2. The number of aryl methyl sites for hydroxylation is 2. The summed E-state index contributed by atoms with van der Waals surface area (Å²) in [6.45, 7) is 5.99. The lowest BCUT2D eigenvalue weighted by Crippen LogP contribution is -2.49. The Kier molecular flexibility index (Phi) is 7.90. The van der Waals surface area contributed by atoms with Gasteiger partial charge < -0.3 is 15.3 Å². The molecule has 1 unspecified atom stereocenters. The molecule has 3 heterocycles. The van der Waals surface area contributed by atoms with Gasteiger partial charge in [-0.2, -0.15) is 13.2 Å². The summed E-state index contributed by atoms with van der Waals surface area (Å²) >= 11 is 0. The van der Waals surface area contributed by atoms with Crippen molar-refractivity contribution >= 4 is 17.5 Å². The molecule has 1 aromatic carbocycles. The Labute approximate surface area is 199 Å². The molecule has 11 heteroatoms. The van der Waals surface area contributed by atoms with E-state index in [4.69, 9.17) is 9.90 Å². The van der Waals surface area contributed by atoms with Gasteiger partial charge in [-0.3, -0.25) is 14.0 Å². The van der Waals surface area contributed by atoms with E-state index in [1.165, 1.54) is 16.2 Å². The molecule has 1 aliphatic rings. The number of aliphatic carboxylic acids is 1. The molecule has 0 radical (unpaired) electrons. The van der Waals surface area contributed by atoms with E-state index < -0.39 is 12.1 Å². The molecular formula is C24H25F3N4O4. The average molecular weight is 490 g/mol. The van der Waals surface area contributed by atoms with E-state index in [0.717, 1.165) is 17.5 Å². The molecule has 1 atom stereocenters. The summed E-state index contributed by atoms with van der Waals surface area (Å²) in [7, 11) is 0. The topological polar surface area (TPSA) is 104 Å². The Morgan fingerprint density at radius 1 is 1.20 bits per heavy atom. The van der Waals surface area contributed by atoms with Crippen molar-refractivity contribution in [1.29, 1.82) is 0 Å². The zero-order chi connectivity index (χ0) is 25.8. The summed E-state index contributed by atoms with van der Waals surface area (Å²) in [6, 6.07) is 11.9. The van der Waals surface area contributed by atoms with Crippen LogP contribution in [0, 0.1) is 6.92 Å². The number of fused-ring (bicyclic) bond motifs is 1. The summed E-state index contributed by atoms with van der Waals surface area (Å²) in [6.07, 6.45) is -1.01. The number of hydrogen-bond acceptors (Lipinski definition) is 5. The van der Waals surface area contributed by atoms with E-state index in [0.29, 0.717) is 25.3 Å². The first-order valence-corrected chi connectivity index (χ1v) is 10.9. The number of carboxylic acids is 1. The van der Waals surface area contributed by atoms with Crippen molar-refractivity contribution in [1.82, 2.24) is 19.6 Å². The van der Waals surface area contributed by atoms with Gasteiger partial charge in [-0.1, -0.05) is 31.2 Å². The van der Waals surface area contributed by atoms with Crippen LogP contribution in [0.5, 0.6) is 0 Å². The number of hydrogen-bond donors (Lipinski definition) is 2. The van der Waals surface area contributed by atoms with Crippen LogP contribution in [0.25, 0.3) is 5.65 Å². The molecular weight excluding hydrogens is 465 g/mol. The molecule has 1 amide bonds. The number of carbonyl (C=O) groups is 2. The van der Waals surface area contributed by atoms with Gasteiger partial charge in [-0.05, 0) is 42.2 Å². The van der Waals surface area contributed by atoms with Gasteiger partial charge in [0, 0.05) is 32.0 Å². The number of halogens is 3. The standard InChI is InChI=1S/C22H24N4O2.C2HF3O2/c1-3-16-4-6-17(7-5-16)19-14-23-9-11-25(19)21(27)18-13-24-20-12-15(2)8-10-26(20)22(18)28;3-2(4,5)1(6)7/h4-8,10,12-13,19,23H,3,9,11,14H2,1-2H3;(H,6,7). The zero-order valence-corrected chi connectivity index (χ0v) is 19.2. The Morgan fingerprint density at radius 2 is 1.86 bits per heavy atom. The van der Waals surface area contributed by atoms with E-state index in [9.17, 15) is 22.8 Å². The number of amides is 1. The molecule has 8 nitrogen and oxygen atoms in total. The summed E-state index contributed by atoms with van der Waals surface area (Å²) in [5.41, 5.74) is 3.68. The maximum Gasteiger partial charge on any atom is 0.490 e.